The van der Waals surface area contributed by atoms with Crippen molar-refractivity contribution in [1.82, 2.24) is 9.80 Å². The number of nitrogens with zero attached hydrogens (tertiary/aromatic N) is 2. The van der Waals surface area contributed by atoms with E-state index in [-0.39, 0.29) is 35.6 Å². The lowest BCUT2D eigenvalue weighted by Crippen LogP contribution is -2.64. The Hall–Kier alpha value is -2.44. The average Bonchev–Trinajstić information content (AvgIpc) is 2.75. The molecule has 32 heavy (non-hydrogen) atoms. The largest absolute Gasteiger partial charge is 0.508 e. The summed E-state index contributed by atoms with van der Waals surface area (Å²) in [6.07, 6.45) is 2.34. The van der Waals surface area contributed by atoms with Gasteiger partial charge in [-0.1, -0.05) is 32.0 Å². The van der Waals surface area contributed by atoms with Crippen LogP contribution in [0.2, 0.25) is 0 Å². The van der Waals surface area contributed by atoms with Gasteiger partial charge in [-0.2, -0.15) is 0 Å². The first-order valence-corrected chi connectivity index (χ1v) is 11.4. The third-order valence-electron chi connectivity index (χ3n) is 7.21. The molecule has 1 heterocycles. The maximum absolute atomic E-state index is 13.3. The molecule has 1 aliphatic rings. The summed E-state index contributed by atoms with van der Waals surface area (Å²) in [7, 11) is 2.08. The van der Waals surface area contributed by atoms with E-state index in [4.69, 9.17) is 0 Å². The molecule has 1 aliphatic heterocycles. The fourth-order valence-electron chi connectivity index (χ4n) is 5.35. The number of likely N-dealkylation sites (tertiary alicyclic amines) is 1. The summed E-state index contributed by atoms with van der Waals surface area (Å²) < 4.78 is 13.3. The van der Waals surface area contributed by atoms with Gasteiger partial charge in [-0.15, -0.1) is 0 Å². The third-order valence-corrected chi connectivity index (χ3v) is 7.21. The number of aliphatic carboxylic acids is 1. The summed E-state index contributed by atoms with van der Waals surface area (Å²) >= 11 is 0. The molecule has 0 bridgehead atoms. The fourth-order valence-corrected chi connectivity index (χ4v) is 5.35. The minimum absolute atomic E-state index is 0.0649. The molecular weight excluding hydrogens is 407 g/mol. The molecule has 0 aromatic heterocycles. The lowest BCUT2D eigenvalue weighted by molar-refractivity contribution is -0.140. The molecule has 6 heteroatoms. The van der Waals surface area contributed by atoms with Gasteiger partial charge in [-0.3, -0.25) is 9.69 Å². The van der Waals surface area contributed by atoms with Crippen molar-refractivity contribution >= 4 is 5.97 Å². The van der Waals surface area contributed by atoms with Crippen LogP contribution in [0.3, 0.4) is 0 Å². The number of hydrogen-bond donors (Lipinski definition) is 2. The standard InChI is InChI=1S/C26H35FN2O3/c1-5-20-8-11-22(30)16-23(20)26(3)13-15-28(4)18(2)25(26)29(17-24(31)32)14-12-19-6-9-21(27)10-7-19/h6-11,16,18,25,30H,5,12-15,17H2,1-4H3,(H,31,32)/t18?,25-,26+/m0/s1. The van der Waals surface area contributed by atoms with Gasteiger partial charge in [0.25, 0.3) is 0 Å². The van der Waals surface area contributed by atoms with Gasteiger partial charge in [0.15, 0.2) is 0 Å². The zero-order chi connectivity index (χ0) is 23.5. The first kappa shape index (κ1) is 24.2. The molecule has 3 atom stereocenters. The van der Waals surface area contributed by atoms with Gasteiger partial charge in [0, 0.05) is 24.0 Å². The van der Waals surface area contributed by atoms with Crippen LogP contribution in [0.5, 0.6) is 5.75 Å². The Labute approximate surface area is 190 Å². The van der Waals surface area contributed by atoms with E-state index in [9.17, 15) is 19.4 Å². The van der Waals surface area contributed by atoms with E-state index < -0.39 is 5.97 Å². The first-order valence-electron chi connectivity index (χ1n) is 11.4. The molecule has 1 saturated heterocycles. The highest BCUT2D eigenvalue weighted by Crippen LogP contribution is 2.43. The monoisotopic (exact) mass is 442 g/mol. The quantitative estimate of drug-likeness (QED) is 0.645. The van der Waals surface area contributed by atoms with Gasteiger partial charge in [0.1, 0.15) is 11.6 Å². The summed E-state index contributed by atoms with van der Waals surface area (Å²) in [4.78, 5) is 16.2. The number of carbonyl (C=O) groups is 1. The molecule has 2 aromatic rings. The van der Waals surface area contributed by atoms with Crippen LogP contribution in [0.15, 0.2) is 42.5 Å². The van der Waals surface area contributed by atoms with Crippen LogP contribution in [0.1, 0.15) is 43.9 Å². The van der Waals surface area contributed by atoms with Gasteiger partial charge < -0.3 is 15.1 Å². The van der Waals surface area contributed by atoms with E-state index in [1.165, 1.54) is 17.7 Å². The minimum Gasteiger partial charge on any atom is -0.508 e. The highest BCUT2D eigenvalue weighted by atomic mass is 19.1. The van der Waals surface area contributed by atoms with Crippen LogP contribution in [0.25, 0.3) is 0 Å². The van der Waals surface area contributed by atoms with Crippen molar-refractivity contribution in [3.05, 3.63) is 65.0 Å². The molecule has 2 N–H and O–H groups in total. The molecular formula is C26H35FN2O3. The van der Waals surface area contributed by atoms with Gasteiger partial charge in [-0.05, 0) is 80.7 Å². The Morgan fingerprint density at radius 3 is 2.56 bits per heavy atom. The van der Waals surface area contributed by atoms with Crippen LogP contribution in [0, 0.1) is 5.82 Å². The van der Waals surface area contributed by atoms with Crippen LogP contribution in [-0.2, 0) is 23.1 Å². The lowest BCUT2D eigenvalue weighted by atomic mass is 9.66. The van der Waals surface area contributed by atoms with Crippen molar-refractivity contribution in [3.63, 3.8) is 0 Å². The highest BCUT2D eigenvalue weighted by molar-refractivity contribution is 5.69. The van der Waals surface area contributed by atoms with Crippen LogP contribution >= 0.6 is 0 Å². The SMILES string of the molecule is CCc1ccc(O)cc1[C@@]1(C)CCN(C)C(C)[C@@H]1N(CCc1ccc(F)cc1)CC(=O)O. The van der Waals surface area contributed by atoms with E-state index in [0.717, 1.165) is 30.5 Å². The summed E-state index contributed by atoms with van der Waals surface area (Å²) in [6, 6.07) is 12.0. The van der Waals surface area contributed by atoms with Crippen molar-refractivity contribution in [3.8, 4) is 5.75 Å². The molecule has 5 nitrogen and oxygen atoms in total. The molecule has 174 valence electrons. The number of carboxylic acid groups (broad SMARTS) is 1. The highest BCUT2D eigenvalue weighted by Gasteiger charge is 2.47. The number of benzene rings is 2. The second-order valence-electron chi connectivity index (χ2n) is 9.27. The number of rotatable bonds is 8. The minimum atomic E-state index is -0.862. The number of carboxylic acids is 1. The average molecular weight is 443 g/mol. The summed E-state index contributed by atoms with van der Waals surface area (Å²) in [6.45, 7) is 7.85. The van der Waals surface area contributed by atoms with E-state index in [1.807, 2.05) is 12.1 Å². The summed E-state index contributed by atoms with van der Waals surface area (Å²) in [5.41, 5.74) is 2.93. The molecule has 1 fully saturated rings. The maximum Gasteiger partial charge on any atom is 0.317 e. The number of likely N-dealkylation sites (N-methyl/N-ethyl adjacent to an activating group) is 1. The number of piperidine rings is 1. The Balaban J connectivity index is 2.01. The number of halogens is 1. The van der Waals surface area contributed by atoms with E-state index in [1.54, 1.807) is 18.2 Å². The number of aromatic hydroxyl groups is 1. The van der Waals surface area contributed by atoms with Gasteiger partial charge in [0.05, 0.1) is 6.54 Å². The fraction of sp³-hybridized carbons (Fsp3) is 0.500. The number of aryl methyl sites for hydroxylation is 1. The molecule has 0 spiro atoms. The Morgan fingerprint density at radius 1 is 1.25 bits per heavy atom. The lowest BCUT2D eigenvalue weighted by Gasteiger charge is -2.54. The summed E-state index contributed by atoms with van der Waals surface area (Å²) in [5, 5.41) is 20.0. The van der Waals surface area contributed by atoms with Crippen molar-refractivity contribution in [2.75, 3.05) is 26.7 Å². The number of hydrogen-bond acceptors (Lipinski definition) is 4. The van der Waals surface area contributed by atoms with E-state index in [0.29, 0.717) is 13.0 Å². The Morgan fingerprint density at radius 2 is 1.94 bits per heavy atom. The van der Waals surface area contributed by atoms with Crippen LogP contribution < -0.4 is 0 Å². The van der Waals surface area contributed by atoms with E-state index in [2.05, 4.69) is 37.6 Å². The second-order valence-corrected chi connectivity index (χ2v) is 9.27. The Bertz CT molecular complexity index is 933. The van der Waals surface area contributed by atoms with E-state index >= 15 is 0 Å². The molecule has 3 rings (SSSR count). The second kappa shape index (κ2) is 10.0. The van der Waals surface area contributed by atoms with Crippen LogP contribution in [-0.4, -0.2) is 64.7 Å². The first-order chi connectivity index (χ1) is 15.2. The third kappa shape index (κ3) is 5.13. The predicted molar refractivity (Wildman–Crippen MR) is 125 cm³/mol. The molecule has 0 radical (unpaired) electrons. The number of phenols is 1. The van der Waals surface area contributed by atoms with Gasteiger partial charge >= 0.3 is 5.97 Å². The normalized spacial score (nSPS) is 24.1. The molecule has 0 amide bonds. The van der Waals surface area contributed by atoms with Crippen molar-refractivity contribution in [1.29, 1.82) is 0 Å². The van der Waals surface area contributed by atoms with Gasteiger partial charge in [0.2, 0.25) is 0 Å². The summed E-state index contributed by atoms with van der Waals surface area (Å²) in [5.74, 6) is -0.902. The van der Waals surface area contributed by atoms with Crippen molar-refractivity contribution in [2.45, 2.75) is 57.5 Å². The predicted octanol–water partition coefficient (Wildman–Crippen LogP) is 4.07. The van der Waals surface area contributed by atoms with Crippen molar-refractivity contribution < 1.29 is 19.4 Å². The smallest absolute Gasteiger partial charge is 0.317 e. The molecule has 0 saturated carbocycles. The Kier molecular flexibility index (Phi) is 7.57. The van der Waals surface area contributed by atoms with Gasteiger partial charge in [-0.25, -0.2) is 4.39 Å². The van der Waals surface area contributed by atoms with Crippen molar-refractivity contribution in [2.24, 2.45) is 0 Å². The van der Waals surface area contributed by atoms with Crippen LogP contribution in [0.4, 0.5) is 4.39 Å². The number of phenolic OH excluding ortho intramolecular Hbond substituents is 1. The zero-order valence-electron chi connectivity index (χ0n) is 19.5. The zero-order valence-corrected chi connectivity index (χ0v) is 19.5. The molecule has 1 unspecified atom stereocenters. The maximum atomic E-state index is 13.3. The topological polar surface area (TPSA) is 64.0 Å². The molecule has 0 aliphatic carbocycles. The molecule has 2 aromatic carbocycles.